The van der Waals surface area contributed by atoms with Gasteiger partial charge in [0.1, 0.15) is 0 Å². The minimum atomic E-state index is -0.515. The van der Waals surface area contributed by atoms with Gasteiger partial charge in [0.25, 0.3) is 5.56 Å². The molecular weight excluding hydrogens is 559 g/mol. The molecular formula is C26H24Cl4FN5O. The van der Waals surface area contributed by atoms with Gasteiger partial charge in [0.2, 0.25) is 5.95 Å². The Bertz CT molecular complexity index is 1450. The summed E-state index contributed by atoms with van der Waals surface area (Å²) in [6.45, 7) is 1.97. The Balaban J connectivity index is 0.00000190. The highest BCUT2D eigenvalue weighted by Gasteiger charge is 2.24. The summed E-state index contributed by atoms with van der Waals surface area (Å²) in [5.74, 6) is -0.0157. The van der Waals surface area contributed by atoms with Crippen LogP contribution in [0.15, 0.2) is 71.8 Å². The summed E-state index contributed by atoms with van der Waals surface area (Å²) < 4.78 is 15.8. The fraction of sp³-hybridized carbons (Fsp3) is 0.192. The second-order valence-corrected chi connectivity index (χ2v) is 9.24. The van der Waals surface area contributed by atoms with E-state index < -0.39 is 5.82 Å². The van der Waals surface area contributed by atoms with E-state index >= 15 is 0 Å². The van der Waals surface area contributed by atoms with Gasteiger partial charge in [-0.25, -0.2) is 9.37 Å². The van der Waals surface area contributed by atoms with Crippen molar-refractivity contribution in [2.45, 2.75) is 6.04 Å². The summed E-state index contributed by atoms with van der Waals surface area (Å²) in [6.07, 6.45) is 2.61. The lowest BCUT2D eigenvalue weighted by atomic mass is 9.99. The van der Waals surface area contributed by atoms with Crippen molar-refractivity contribution in [1.29, 1.82) is 0 Å². The van der Waals surface area contributed by atoms with E-state index in [0.29, 0.717) is 41.3 Å². The molecule has 0 unspecified atom stereocenters. The molecule has 0 spiro atoms. The van der Waals surface area contributed by atoms with Crippen LogP contribution in [-0.4, -0.2) is 34.2 Å². The third kappa shape index (κ3) is 6.08. The fourth-order valence-electron chi connectivity index (χ4n) is 4.30. The van der Waals surface area contributed by atoms with Crippen molar-refractivity contribution in [3.63, 3.8) is 0 Å². The molecule has 6 nitrogen and oxygen atoms in total. The van der Waals surface area contributed by atoms with Crippen LogP contribution in [0.3, 0.4) is 0 Å². The summed E-state index contributed by atoms with van der Waals surface area (Å²) in [7, 11) is 1.68. The van der Waals surface area contributed by atoms with Gasteiger partial charge >= 0.3 is 0 Å². The molecule has 37 heavy (non-hydrogen) atoms. The van der Waals surface area contributed by atoms with E-state index in [4.69, 9.17) is 23.2 Å². The number of halogens is 5. The Morgan fingerprint density at radius 1 is 1.03 bits per heavy atom. The zero-order valence-corrected chi connectivity index (χ0v) is 22.8. The molecule has 0 amide bonds. The van der Waals surface area contributed by atoms with E-state index in [0.717, 1.165) is 22.9 Å². The van der Waals surface area contributed by atoms with Crippen LogP contribution in [0.2, 0.25) is 10.0 Å². The molecule has 3 heterocycles. The highest BCUT2D eigenvalue weighted by Crippen LogP contribution is 2.31. The molecule has 2 aromatic carbocycles. The molecule has 1 aliphatic rings. The van der Waals surface area contributed by atoms with Crippen LogP contribution in [-0.2, 0) is 7.05 Å². The first kappa shape index (κ1) is 28.9. The van der Waals surface area contributed by atoms with Gasteiger partial charge in [-0.3, -0.25) is 14.3 Å². The Morgan fingerprint density at radius 2 is 1.78 bits per heavy atom. The van der Waals surface area contributed by atoms with E-state index in [2.05, 4.69) is 32.3 Å². The number of piperazine rings is 1. The van der Waals surface area contributed by atoms with Crippen LogP contribution >= 0.6 is 48.0 Å². The SMILES string of the molecule is Cl.Cl.Cn1c(N2CCN[C@@H](c3ccc(-c4ccc(Cl)cc4Cl)cc3)C2)nc(-c2ccncc2F)cc1=O. The van der Waals surface area contributed by atoms with E-state index in [1.807, 2.05) is 24.3 Å². The minimum absolute atomic E-state index is 0. The Labute approximate surface area is 236 Å². The lowest BCUT2D eigenvalue weighted by molar-refractivity contribution is 0.462. The quantitative estimate of drug-likeness (QED) is 0.322. The zero-order chi connectivity index (χ0) is 24.5. The average Bonchev–Trinajstić information content (AvgIpc) is 2.86. The molecule has 11 heteroatoms. The number of hydrogen-bond donors (Lipinski definition) is 1. The van der Waals surface area contributed by atoms with Crippen molar-refractivity contribution in [3.8, 4) is 22.4 Å². The van der Waals surface area contributed by atoms with Gasteiger partial charge in [-0.2, -0.15) is 0 Å². The predicted molar refractivity (Wildman–Crippen MR) is 152 cm³/mol. The van der Waals surface area contributed by atoms with Crippen LogP contribution in [0.25, 0.3) is 22.4 Å². The summed E-state index contributed by atoms with van der Waals surface area (Å²) >= 11 is 12.4. The van der Waals surface area contributed by atoms with Gasteiger partial charge in [-0.05, 0) is 29.3 Å². The maximum atomic E-state index is 14.3. The van der Waals surface area contributed by atoms with Crippen LogP contribution in [0, 0.1) is 5.82 Å². The second-order valence-electron chi connectivity index (χ2n) is 8.39. The Kier molecular flexibility index (Phi) is 9.56. The second kappa shape index (κ2) is 12.2. The van der Waals surface area contributed by atoms with Crippen LogP contribution in [0.5, 0.6) is 0 Å². The molecule has 0 aliphatic carbocycles. The number of rotatable bonds is 4. The first-order chi connectivity index (χ1) is 16.9. The van der Waals surface area contributed by atoms with Crippen LogP contribution < -0.4 is 15.8 Å². The summed E-state index contributed by atoms with van der Waals surface area (Å²) in [5, 5.41) is 4.73. The van der Waals surface area contributed by atoms with Crippen molar-refractivity contribution in [3.05, 3.63) is 98.8 Å². The molecule has 1 N–H and O–H groups in total. The van der Waals surface area contributed by atoms with Crippen molar-refractivity contribution in [2.75, 3.05) is 24.5 Å². The lowest BCUT2D eigenvalue weighted by Crippen LogP contribution is -2.47. The van der Waals surface area contributed by atoms with Gasteiger partial charge in [0.05, 0.1) is 11.9 Å². The lowest BCUT2D eigenvalue weighted by Gasteiger charge is -2.35. The molecule has 4 aromatic rings. The smallest absolute Gasteiger partial charge is 0.255 e. The molecule has 1 aliphatic heterocycles. The van der Waals surface area contributed by atoms with E-state index in [-0.39, 0.29) is 42.0 Å². The number of nitrogens with zero attached hydrogens (tertiary/aromatic N) is 4. The fourth-order valence-corrected chi connectivity index (χ4v) is 4.82. The van der Waals surface area contributed by atoms with E-state index in [1.165, 1.54) is 22.9 Å². The maximum absolute atomic E-state index is 14.3. The van der Waals surface area contributed by atoms with Crippen LogP contribution in [0.4, 0.5) is 10.3 Å². The Hall–Kier alpha value is -2.68. The Morgan fingerprint density at radius 3 is 2.49 bits per heavy atom. The highest BCUT2D eigenvalue weighted by atomic mass is 35.5. The molecule has 0 saturated carbocycles. The molecule has 1 saturated heterocycles. The first-order valence-electron chi connectivity index (χ1n) is 11.1. The standard InChI is InChI=1S/C26H22Cl2FN5O.2ClH/c1-33-25(35)13-23(20-8-9-30-14-22(20)29)32-26(33)34-11-10-31-24(15-34)17-4-2-16(3-5-17)19-7-6-18(27)12-21(19)28;;/h2-9,12-14,24,31H,10-11,15H2,1H3;2*1H/t24-;;/m1../s1. The third-order valence-electron chi connectivity index (χ3n) is 6.17. The van der Waals surface area contributed by atoms with Gasteiger partial charge in [0.15, 0.2) is 5.82 Å². The summed E-state index contributed by atoms with van der Waals surface area (Å²) in [5.41, 5.74) is 3.31. The summed E-state index contributed by atoms with van der Waals surface area (Å²) in [6, 6.07) is 16.6. The number of nitrogens with one attached hydrogen (secondary N) is 1. The largest absolute Gasteiger partial charge is 0.339 e. The van der Waals surface area contributed by atoms with Gasteiger partial charge < -0.3 is 10.2 Å². The maximum Gasteiger partial charge on any atom is 0.255 e. The average molecular weight is 583 g/mol. The van der Waals surface area contributed by atoms with Gasteiger partial charge in [-0.15, -0.1) is 24.8 Å². The van der Waals surface area contributed by atoms with E-state index in [9.17, 15) is 9.18 Å². The normalized spacial score (nSPS) is 15.0. The molecule has 1 atom stereocenters. The molecule has 5 rings (SSSR count). The van der Waals surface area contributed by atoms with Crippen molar-refractivity contribution in [1.82, 2.24) is 19.9 Å². The number of anilines is 1. The van der Waals surface area contributed by atoms with Crippen molar-refractivity contribution >= 4 is 54.0 Å². The minimum Gasteiger partial charge on any atom is -0.339 e. The topological polar surface area (TPSA) is 63.1 Å². The molecule has 2 aromatic heterocycles. The van der Waals surface area contributed by atoms with Gasteiger partial charge in [0, 0.05) is 66.2 Å². The molecule has 0 bridgehead atoms. The first-order valence-corrected chi connectivity index (χ1v) is 11.9. The molecule has 194 valence electrons. The number of aromatic nitrogens is 3. The highest BCUT2D eigenvalue weighted by molar-refractivity contribution is 6.36. The van der Waals surface area contributed by atoms with E-state index in [1.54, 1.807) is 13.1 Å². The monoisotopic (exact) mass is 581 g/mol. The van der Waals surface area contributed by atoms with Gasteiger partial charge in [-0.1, -0.05) is 53.5 Å². The number of hydrogen-bond acceptors (Lipinski definition) is 5. The van der Waals surface area contributed by atoms with Crippen molar-refractivity contribution < 1.29 is 4.39 Å². The summed E-state index contributed by atoms with van der Waals surface area (Å²) in [4.78, 5) is 23.2. The molecule has 0 radical (unpaired) electrons. The molecule has 1 fully saturated rings. The van der Waals surface area contributed by atoms with Crippen molar-refractivity contribution in [2.24, 2.45) is 7.05 Å². The zero-order valence-electron chi connectivity index (χ0n) is 19.7. The predicted octanol–water partition coefficient (Wildman–Crippen LogP) is 5.95. The van der Waals surface area contributed by atoms with Crippen LogP contribution in [0.1, 0.15) is 11.6 Å². The number of benzene rings is 2. The number of pyridine rings is 1. The third-order valence-corrected chi connectivity index (χ3v) is 6.72.